The average molecular weight is 487 g/mol. The fourth-order valence-electron chi connectivity index (χ4n) is 4.32. The molecule has 1 saturated carbocycles. The van der Waals surface area contributed by atoms with Crippen molar-refractivity contribution in [2.24, 2.45) is 5.92 Å². The molecule has 182 valence electrons. The van der Waals surface area contributed by atoms with Crippen molar-refractivity contribution in [3.05, 3.63) is 53.1 Å². The van der Waals surface area contributed by atoms with Crippen molar-refractivity contribution in [3.63, 3.8) is 0 Å². The molecule has 2 aromatic rings. The van der Waals surface area contributed by atoms with Crippen molar-refractivity contribution < 1.29 is 27.5 Å². The fraction of sp³-hybridized carbons (Fsp3) is 0.440. The lowest BCUT2D eigenvalue weighted by atomic mass is 10.0. The first kappa shape index (κ1) is 24.1. The molecule has 1 N–H and O–H groups in total. The average Bonchev–Trinajstić information content (AvgIpc) is 3.58. The molecule has 9 heteroatoms. The number of anilines is 1. The molecule has 2 aliphatic rings. The van der Waals surface area contributed by atoms with Gasteiger partial charge in [0.2, 0.25) is 5.91 Å². The number of amides is 2. The molecule has 4 rings (SSSR count). The molecule has 1 unspecified atom stereocenters. The summed E-state index contributed by atoms with van der Waals surface area (Å²) in [6, 6.07) is 10.3. The highest BCUT2D eigenvalue weighted by Gasteiger charge is 2.37. The summed E-state index contributed by atoms with van der Waals surface area (Å²) in [4.78, 5) is 27.7. The van der Waals surface area contributed by atoms with E-state index in [4.69, 9.17) is 9.47 Å². The Morgan fingerprint density at radius 3 is 2.62 bits per heavy atom. The predicted molar refractivity (Wildman–Crippen MR) is 129 cm³/mol. The number of rotatable bonds is 10. The van der Waals surface area contributed by atoms with Crippen LogP contribution in [0.15, 0.2) is 36.4 Å². The first-order chi connectivity index (χ1) is 16.2. The van der Waals surface area contributed by atoms with Crippen molar-refractivity contribution in [3.8, 4) is 11.5 Å². The summed E-state index contributed by atoms with van der Waals surface area (Å²) in [6.07, 6.45) is 3.16. The molecule has 34 heavy (non-hydrogen) atoms. The maximum absolute atomic E-state index is 13.6. The SMILES string of the molecule is CCOc1cc(C(CCS(C)(=O)=O)N2Cc3cccc(NC(=O)C4CC4)c3C2=O)ccc1OC. The highest BCUT2D eigenvalue weighted by molar-refractivity contribution is 7.90. The zero-order valence-electron chi connectivity index (χ0n) is 19.7. The van der Waals surface area contributed by atoms with Crippen LogP contribution in [0.1, 0.15) is 53.7 Å². The summed E-state index contributed by atoms with van der Waals surface area (Å²) >= 11 is 0. The summed E-state index contributed by atoms with van der Waals surface area (Å²) < 4.78 is 35.1. The van der Waals surface area contributed by atoms with E-state index in [1.807, 2.05) is 25.1 Å². The van der Waals surface area contributed by atoms with E-state index in [0.29, 0.717) is 35.9 Å². The smallest absolute Gasteiger partial charge is 0.257 e. The molecular weight excluding hydrogens is 456 g/mol. The Bertz CT molecular complexity index is 1210. The van der Waals surface area contributed by atoms with Gasteiger partial charge in [-0.1, -0.05) is 18.2 Å². The third kappa shape index (κ3) is 5.19. The minimum atomic E-state index is -3.25. The van der Waals surface area contributed by atoms with E-state index in [2.05, 4.69) is 5.32 Å². The third-order valence-corrected chi connectivity index (χ3v) is 7.16. The number of sulfone groups is 1. The first-order valence-corrected chi connectivity index (χ1v) is 13.5. The maximum Gasteiger partial charge on any atom is 0.257 e. The molecule has 1 fully saturated rings. The van der Waals surface area contributed by atoms with Crippen LogP contribution < -0.4 is 14.8 Å². The molecule has 8 nitrogen and oxygen atoms in total. The molecule has 0 spiro atoms. The van der Waals surface area contributed by atoms with E-state index in [1.165, 1.54) is 6.26 Å². The predicted octanol–water partition coefficient (Wildman–Crippen LogP) is 3.57. The Balaban J connectivity index is 1.68. The van der Waals surface area contributed by atoms with Crippen molar-refractivity contribution in [1.82, 2.24) is 4.90 Å². The van der Waals surface area contributed by atoms with E-state index in [9.17, 15) is 18.0 Å². The minimum absolute atomic E-state index is 0.0160. The quantitative estimate of drug-likeness (QED) is 0.551. The molecule has 2 amide bonds. The molecule has 0 saturated heterocycles. The number of hydrogen-bond acceptors (Lipinski definition) is 6. The number of ether oxygens (including phenoxy) is 2. The second kappa shape index (κ2) is 9.66. The lowest BCUT2D eigenvalue weighted by Gasteiger charge is -2.29. The first-order valence-electron chi connectivity index (χ1n) is 11.4. The van der Waals surface area contributed by atoms with E-state index >= 15 is 0 Å². The number of hydrogen-bond donors (Lipinski definition) is 1. The summed E-state index contributed by atoms with van der Waals surface area (Å²) in [7, 11) is -1.70. The number of benzene rings is 2. The van der Waals surface area contributed by atoms with Gasteiger partial charge in [0.05, 0.1) is 36.8 Å². The largest absolute Gasteiger partial charge is 0.493 e. The summed E-state index contributed by atoms with van der Waals surface area (Å²) in [5.41, 5.74) is 2.55. The van der Waals surface area contributed by atoms with Crippen LogP contribution in [-0.2, 0) is 21.2 Å². The van der Waals surface area contributed by atoms with Gasteiger partial charge < -0.3 is 19.7 Å². The van der Waals surface area contributed by atoms with Gasteiger partial charge in [-0.15, -0.1) is 0 Å². The number of fused-ring (bicyclic) bond motifs is 1. The van der Waals surface area contributed by atoms with Crippen LogP contribution in [0.3, 0.4) is 0 Å². The molecule has 1 atom stereocenters. The minimum Gasteiger partial charge on any atom is -0.493 e. The van der Waals surface area contributed by atoms with Gasteiger partial charge in [0, 0.05) is 18.7 Å². The van der Waals surface area contributed by atoms with Crippen LogP contribution in [0, 0.1) is 5.92 Å². The Morgan fingerprint density at radius 1 is 1.21 bits per heavy atom. The molecule has 0 radical (unpaired) electrons. The summed E-state index contributed by atoms with van der Waals surface area (Å²) in [5.74, 6) is 0.752. The number of methoxy groups -OCH3 is 1. The van der Waals surface area contributed by atoms with Crippen molar-refractivity contribution in [2.45, 2.75) is 38.8 Å². The fourth-order valence-corrected chi connectivity index (χ4v) is 4.97. The molecule has 0 aromatic heterocycles. The molecular formula is C25H30N2O6S. The van der Waals surface area contributed by atoms with Gasteiger partial charge in [0.25, 0.3) is 5.91 Å². The second-order valence-electron chi connectivity index (χ2n) is 8.81. The van der Waals surface area contributed by atoms with Crippen LogP contribution in [0.2, 0.25) is 0 Å². The monoisotopic (exact) mass is 486 g/mol. The molecule has 1 aliphatic heterocycles. The highest BCUT2D eigenvalue weighted by Crippen LogP contribution is 2.40. The number of nitrogens with one attached hydrogen (secondary N) is 1. The Hall–Kier alpha value is -3.07. The highest BCUT2D eigenvalue weighted by atomic mass is 32.2. The van der Waals surface area contributed by atoms with Gasteiger partial charge in [-0.3, -0.25) is 9.59 Å². The van der Waals surface area contributed by atoms with Crippen LogP contribution in [-0.4, -0.2) is 50.9 Å². The second-order valence-corrected chi connectivity index (χ2v) is 11.1. The summed E-state index contributed by atoms with van der Waals surface area (Å²) in [6.45, 7) is 2.63. The maximum atomic E-state index is 13.6. The zero-order valence-corrected chi connectivity index (χ0v) is 20.5. The van der Waals surface area contributed by atoms with Crippen LogP contribution in [0.5, 0.6) is 11.5 Å². The molecule has 0 bridgehead atoms. The molecule has 1 heterocycles. The lowest BCUT2D eigenvalue weighted by Crippen LogP contribution is -2.31. The van der Waals surface area contributed by atoms with Crippen LogP contribution in [0.25, 0.3) is 0 Å². The molecule has 2 aromatic carbocycles. The van der Waals surface area contributed by atoms with E-state index in [1.54, 1.807) is 30.2 Å². The normalized spacial score (nSPS) is 16.2. The van der Waals surface area contributed by atoms with Gasteiger partial charge in [0.1, 0.15) is 9.84 Å². The van der Waals surface area contributed by atoms with Gasteiger partial charge >= 0.3 is 0 Å². The van der Waals surface area contributed by atoms with Crippen LogP contribution in [0.4, 0.5) is 5.69 Å². The summed E-state index contributed by atoms with van der Waals surface area (Å²) in [5, 5.41) is 2.91. The van der Waals surface area contributed by atoms with Crippen molar-refractivity contribution >= 4 is 27.3 Å². The van der Waals surface area contributed by atoms with Gasteiger partial charge in [-0.2, -0.15) is 0 Å². The lowest BCUT2D eigenvalue weighted by molar-refractivity contribution is -0.117. The van der Waals surface area contributed by atoms with Crippen LogP contribution >= 0.6 is 0 Å². The number of carbonyl (C=O) groups is 2. The van der Waals surface area contributed by atoms with E-state index in [-0.39, 0.29) is 29.9 Å². The van der Waals surface area contributed by atoms with E-state index < -0.39 is 15.9 Å². The molecule has 1 aliphatic carbocycles. The number of nitrogens with zero attached hydrogens (tertiary/aromatic N) is 1. The van der Waals surface area contributed by atoms with Gasteiger partial charge in [-0.25, -0.2) is 8.42 Å². The topological polar surface area (TPSA) is 102 Å². The Labute approximate surface area is 200 Å². The van der Waals surface area contributed by atoms with Gasteiger partial charge in [-0.05, 0) is 55.5 Å². The standard InChI is InChI=1S/C25H30N2O6S/c1-4-33-22-14-17(10-11-21(22)32-2)20(12-13-34(3,30)31)27-15-18-6-5-7-19(23(18)25(27)29)26-24(28)16-8-9-16/h5-7,10-11,14,16,20H,4,8-9,12-13,15H2,1-3H3,(H,26,28). The van der Waals surface area contributed by atoms with Crippen molar-refractivity contribution in [2.75, 3.05) is 31.0 Å². The van der Waals surface area contributed by atoms with E-state index in [0.717, 1.165) is 24.0 Å². The Kier molecular flexibility index (Phi) is 6.84. The Morgan fingerprint density at radius 2 is 1.97 bits per heavy atom. The third-order valence-electron chi connectivity index (χ3n) is 6.18. The number of carbonyl (C=O) groups excluding carboxylic acids is 2. The zero-order chi connectivity index (χ0) is 24.5. The van der Waals surface area contributed by atoms with Gasteiger partial charge in [0.15, 0.2) is 11.5 Å². The van der Waals surface area contributed by atoms with Crippen molar-refractivity contribution in [1.29, 1.82) is 0 Å².